The van der Waals surface area contributed by atoms with Crippen molar-refractivity contribution < 1.29 is 24.2 Å². The van der Waals surface area contributed by atoms with Gasteiger partial charge in [0.1, 0.15) is 11.5 Å². The van der Waals surface area contributed by atoms with Crippen LogP contribution in [0.5, 0.6) is 11.5 Å². The Kier molecular flexibility index (Phi) is 4.93. The average Bonchev–Trinajstić information content (AvgIpc) is 2.53. The summed E-state index contributed by atoms with van der Waals surface area (Å²) >= 11 is 0. The number of phenolic OH excluding ortho intramolecular Hbond substituents is 1. The topological polar surface area (TPSA) is 72.8 Å². The summed E-state index contributed by atoms with van der Waals surface area (Å²) in [6.45, 7) is 2.93. The van der Waals surface area contributed by atoms with Crippen LogP contribution >= 0.6 is 0 Å². The van der Waals surface area contributed by atoms with Gasteiger partial charge in [-0.3, -0.25) is 4.79 Å². The van der Waals surface area contributed by atoms with E-state index in [4.69, 9.17) is 4.74 Å². The normalized spacial score (nSPS) is 9.82. The first-order valence-corrected chi connectivity index (χ1v) is 6.47. The summed E-state index contributed by atoms with van der Waals surface area (Å²) < 4.78 is 9.64. The van der Waals surface area contributed by atoms with Crippen LogP contribution in [-0.2, 0) is 9.53 Å². The van der Waals surface area contributed by atoms with Gasteiger partial charge in [-0.2, -0.15) is 0 Å². The van der Waals surface area contributed by atoms with Crippen molar-refractivity contribution in [2.45, 2.75) is 0 Å². The number of hydrogen-bond acceptors (Lipinski definition) is 5. The molecular weight excluding hydrogens is 284 g/mol. The summed E-state index contributed by atoms with van der Waals surface area (Å²) in [5.41, 5.74) is 0.633. The predicted octanol–water partition coefficient (Wildman–Crippen LogP) is 2.69. The Bertz CT molecular complexity index is 691. The van der Waals surface area contributed by atoms with Crippen molar-refractivity contribution >= 4 is 11.8 Å². The monoisotopic (exact) mass is 298 g/mol. The number of carbonyl (C=O) groups is 2. The number of benzene rings is 2. The highest BCUT2D eigenvalue weighted by atomic mass is 16.6. The third kappa shape index (κ3) is 3.73. The zero-order chi connectivity index (χ0) is 15.9. The highest BCUT2D eigenvalue weighted by Gasteiger charge is 2.14. The summed E-state index contributed by atoms with van der Waals surface area (Å²) in [5, 5.41) is 9.96. The van der Waals surface area contributed by atoms with Crippen LogP contribution in [0.4, 0.5) is 0 Å². The molecule has 5 heteroatoms. The second-order valence-corrected chi connectivity index (χ2v) is 4.32. The molecule has 22 heavy (non-hydrogen) atoms. The van der Waals surface area contributed by atoms with Crippen LogP contribution in [0.3, 0.4) is 0 Å². The molecule has 0 amide bonds. The molecule has 2 rings (SSSR count). The Morgan fingerprint density at radius 2 is 1.86 bits per heavy atom. The molecule has 0 aliphatic carbocycles. The minimum absolute atomic E-state index is 0.159. The summed E-state index contributed by atoms with van der Waals surface area (Å²) in [4.78, 5) is 23.4. The van der Waals surface area contributed by atoms with Crippen LogP contribution < -0.4 is 4.74 Å². The van der Waals surface area contributed by atoms with E-state index in [2.05, 4.69) is 11.3 Å². The molecule has 0 fully saturated rings. The fourth-order valence-corrected chi connectivity index (χ4v) is 1.81. The Morgan fingerprint density at radius 1 is 1.14 bits per heavy atom. The van der Waals surface area contributed by atoms with E-state index in [1.54, 1.807) is 30.3 Å². The van der Waals surface area contributed by atoms with Gasteiger partial charge in [0.15, 0.2) is 12.4 Å². The van der Waals surface area contributed by atoms with E-state index in [0.29, 0.717) is 5.56 Å². The fraction of sp³-hybridized carbons (Fsp3) is 0.0588. The molecule has 0 saturated carbocycles. The molecule has 5 nitrogen and oxygen atoms in total. The molecule has 2 aromatic carbocycles. The maximum Gasteiger partial charge on any atom is 0.348 e. The van der Waals surface area contributed by atoms with E-state index in [0.717, 1.165) is 6.26 Å². The molecule has 0 saturated heterocycles. The molecule has 2 aromatic rings. The van der Waals surface area contributed by atoms with Crippen molar-refractivity contribution in [3.8, 4) is 11.5 Å². The molecule has 0 aromatic heterocycles. The quantitative estimate of drug-likeness (QED) is 0.504. The predicted molar refractivity (Wildman–Crippen MR) is 79.8 cm³/mol. The largest absolute Gasteiger partial charge is 0.507 e. The van der Waals surface area contributed by atoms with E-state index < -0.39 is 5.97 Å². The Balaban J connectivity index is 2.11. The van der Waals surface area contributed by atoms with Crippen LogP contribution in [-0.4, -0.2) is 23.5 Å². The molecule has 0 atom stereocenters. The van der Waals surface area contributed by atoms with E-state index in [1.807, 2.05) is 0 Å². The van der Waals surface area contributed by atoms with E-state index in [-0.39, 0.29) is 29.5 Å². The van der Waals surface area contributed by atoms with Gasteiger partial charge in [0.25, 0.3) is 0 Å². The zero-order valence-corrected chi connectivity index (χ0v) is 11.7. The van der Waals surface area contributed by atoms with Gasteiger partial charge < -0.3 is 14.6 Å². The third-order valence-electron chi connectivity index (χ3n) is 2.82. The van der Waals surface area contributed by atoms with Gasteiger partial charge in [-0.15, -0.1) is 0 Å². The van der Waals surface area contributed by atoms with Gasteiger partial charge in [-0.25, -0.2) is 4.79 Å². The van der Waals surface area contributed by atoms with Gasteiger partial charge in [-0.1, -0.05) is 36.9 Å². The molecule has 1 N–H and O–H groups in total. The second kappa shape index (κ2) is 7.08. The SMILES string of the molecule is C=COC(=O)COc1ccc(C(=O)c2ccccc2)c(O)c1. The maximum atomic E-state index is 12.2. The van der Waals surface area contributed by atoms with Crippen molar-refractivity contribution in [3.05, 3.63) is 72.5 Å². The van der Waals surface area contributed by atoms with Crippen LogP contribution in [0.2, 0.25) is 0 Å². The van der Waals surface area contributed by atoms with Gasteiger partial charge in [0, 0.05) is 11.6 Å². The second-order valence-electron chi connectivity index (χ2n) is 4.32. The third-order valence-corrected chi connectivity index (χ3v) is 2.82. The lowest BCUT2D eigenvalue weighted by Gasteiger charge is -2.08. The van der Waals surface area contributed by atoms with Crippen LogP contribution in [0.15, 0.2) is 61.4 Å². The molecular formula is C17H14O5. The highest BCUT2D eigenvalue weighted by Crippen LogP contribution is 2.25. The minimum atomic E-state index is -0.612. The summed E-state index contributed by atoms with van der Waals surface area (Å²) in [6, 6.07) is 12.8. The molecule has 0 spiro atoms. The zero-order valence-electron chi connectivity index (χ0n) is 11.7. The highest BCUT2D eigenvalue weighted by molar-refractivity contribution is 6.10. The summed E-state index contributed by atoms with van der Waals surface area (Å²) in [5.74, 6) is -0.874. The van der Waals surface area contributed by atoms with Crippen molar-refractivity contribution in [2.75, 3.05) is 6.61 Å². The number of aromatic hydroxyl groups is 1. The standard InChI is InChI=1S/C17H14O5/c1-2-21-16(19)11-22-13-8-9-14(15(18)10-13)17(20)12-6-4-3-5-7-12/h2-10,18H,1,11H2. The van der Waals surface area contributed by atoms with Gasteiger partial charge in [-0.05, 0) is 12.1 Å². The molecule has 112 valence electrons. The maximum absolute atomic E-state index is 12.2. The molecule has 0 aliphatic rings. The van der Waals surface area contributed by atoms with E-state index >= 15 is 0 Å². The van der Waals surface area contributed by atoms with Gasteiger partial charge in [0.2, 0.25) is 0 Å². The van der Waals surface area contributed by atoms with E-state index in [1.165, 1.54) is 18.2 Å². The fourth-order valence-electron chi connectivity index (χ4n) is 1.81. The lowest BCUT2D eigenvalue weighted by atomic mass is 10.0. The number of rotatable bonds is 6. The number of phenols is 1. The number of carbonyl (C=O) groups excluding carboxylic acids is 2. The Labute approximate surface area is 127 Å². The molecule has 0 unspecified atom stereocenters. The molecule has 0 heterocycles. The van der Waals surface area contributed by atoms with Crippen LogP contribution in [0.1, 0.15) is 15.9 Å². The number of hydrogen-bond donors (Lipinski definition) is 1. The van der Waals surface area contributed by atoms with Gasteiger partial charge >= 0.3 is 5.97 Å². The first-order chi connectivity index (χ1) is 10.6. The molecule has 0 bridgehead atoms. The Morgan fingerprint density at radius 3 is 2.50 bits per heavy atom. The lowest BCUT2D eigenvalue weighted by Crippen LogP contribution is -2.12. The van der Waals surface area contributed by atoms with Gasteiger partial charge in [0.05, 0.1) is 11.8 Å². The lowest BCUT2D eigenvalue weighted by molar-refractivity contribution is -0.140. The van der Waals surface area contributed by atoms with Crippen LogP contribution in [0, 0.1) is 0 Å². The number of ketones is 1. The van der Waals surface area contributed by atoms with Crippen molar-refractivity contribution in [3.63, 3.8) is 0 Å². The molecule has 0 radical (unpaired) electrons. The first-order valence-electron chi connectivity index (χ1n) is 6.47. The van der Waals surface area contributed by atoms with E-state index in [9.17, 15) is 14.7 Å². The van der Waals surface area contributed by atoms with Crippen molar-refractivity contribution in [2.24, 2.45) is 0 Å². The van der Waals surface area contributed by atoms with Crippen molar-refractivity contribution in [1.82, 2.24) is 0 Å². The summed E-state index contributed by atoms with van der Waals surface area (Å²) in [6.07, 6.45) is 1.00. The van der Waals surface area contributed by atoms with Crippen LogP contribution in [0.25, 0.3) is 0 Å². The number of esters is 1. The summed E-state index contributed by atoms with van der Waals surface area (Å²) in [7, 11) is 0. The van der Waals surface area contributed by atoms with Crippen molar-refractivity contribution in [1.29, 1.82) is 0 Å². The number of ether oxygens (including phenoxy) is 2. The smallest absolute Gasteiger partial charge is 0.348 e. The first kappa shape index (κ1) is 15.3. The average molecular weight is 298 g/mol. The molecule has 0 aliphatic heterocycles. The minimum Gasteiger partial charge on any atom is -0.507 e. The Hall–Kier alpha value is -3.08.